The van der Waals surface area contributed by atoms with Gasteiger partial charge < -0.3 is 0 Å². The summed E-state index contributed by atoms with van der Waals surface area (Å²) >= 11 is 0. The third-order valence-corrected chi connectivity index (χ3v) is 3.23. The van der Waals surface area contributed by atoms with Crippen LogP contribution in [0.1, 0.15) is 51.4 Å². The average molecular weight is 198 g/mol. The van der Waals surface area contributed by atoms with Crippen LogP contribution in [0.4, 0.5) is 0 Å². The summed E-state index contributed by atoms with van der Waals surface area (Å²) in [6.07, 6.45) is 11.1. The third-order valence-electron chi connectivity index (χ3n) is 3.23. The summed E-state index contributed by atoms with van der Waals surface area (Å²) in [7, 11) is 0. The first-order valence-electron chi connectivity index (χ1n) is 5.98. The van der Waals surface area contributed by atoms with Gasteiger partial charge in [0.1, 0.15) is 0 Å². The molecule has 2 rings (SSSR count). The van der Waals surface area contributed by atoms with Crippen molar-refractivity contribution in [2.75, 3.05) is 6.67 Å². The highest BCUT2D eigenvalue weighted by Crippen LogP contribution is 2.19. The van der Waals surface area contributed by atoms with Crippen LogP contribution in [0.2, 0.25) is 0 Å². The Kier molecular flexibility index (Phi) is 4.19. The van der Waals surface area contributed by atoms with Crippen LogP contribution in [-0.4, -0.2) is 17.8 Å². The van der Waals surface area contributed by atoms with Crippen LogP contribution in [0.3, 0.4) is 0 Å². The zero-order chi connectivity index (χ0) is 9.64. The monoisotopic (exact) mass is 198 g/mol. The van der Waals surface area contributed by atoms with Gasteiger partial charge in [0.05, 0.1) is 6.67 Å². The van der Waals surface area contributed by atoms with Gasteiger partial charge in [0, 0.05) is 6.04 Å². The molecule has 4 heteroatoms. The average Bonchev–Trinajstić information content (AvgIpc) is 2.75. The van der Waals surface area contributed by atoms with Crippen molar-refractivity contribution in [2.24, 2.45) is 0 Å². The van der Waals surface area contributed by atoms with Gasteiger partial charge in [0.2, 0.25) is 0 Å². The van der Waals surface area contributed by atoms with Crippen molar-refractivity contribution in [2.45, 2.75) is 57.4 Å². The third kappa shape index (κ3) is 2.92. The number of nitrogens with zero attached hydrogens (tertiary/aromatic N) is 1. The van der Waals surface area contributed by atoms with Crippen molar-refractivity contribution in [3.63, 3.8) is 0 Å². The molecular formula is C10H22N4. The molecular weight excluding hydrogens is 176 g/mol. The van der Waals surface area contributed by atoms with E-state index in [1.165, 1.54) is 51.4 Å². The van der Waals surface area contributed by atoms with Crippen LogP contribution < -0.4 is 16.4 Å². The van der Waals surface area contributed by atoms with Crippen LogP contribution in [-0.2, 0) is 0 Å². The van der Waals surface area contributed by atoms with E-state index < -0.39 is 0 Å². The Morgan fingerprint density at radius 3 is 2.07 bits per heavy atom. The second kappa shape index (κ2) is 5.66. The van der Waals surface area contributed by atoms with E-state index in [2.05, 4.69) is 21.5 Å². The van der Waals surface area contributed by atoms with E-state index >= 15 is 0 Å². The Balaban J connectivity index is 1.80. The van der Waals surface area contributed by atoms with Gasteiger partial charge >= 0.3 is 0 Å². The van der Waals surface area contributed by atoms with Gasteiger partial charge in [0.25, 0.3) is 0 Å². The first-order valence-corrected chi connectivity index (χ1v) is 5.98. The van der Waals surface area contributed by atoms with E-state index in [9.17, 15) is 0 Å². The number of hydrazine groups is 3. The largest absolute Gasteiger partial charge is 0.227 e. The molecule has 0 aromatic rings. The Morgan fingerprint density at radius 1 is 0.857 bits per heavy atom. The second-order valence-corrected chi connectivity index (χ2v) is 4.35. The quantitative estimate of drug-likeness (QED) is 0.593. The molecule has 0 aromatic carbocycles. The summed E-state index contributed by atoms with van der Waals surface area (Å²) < 4.78 is 0. The van der Waals surface area contributed by atoms with Gasteiger partial charge in [-0.1, -0.05) is 38.5 Å². The van der Waals surface area contributed by atoms with Crippen molar-refractivity contribution in [1.29, 1.82) is 0 Å². The van der Waals surface area contributed by atoms with Gasteiger partial charge in [-0.05, 0) is 12.8 Å². The van der Waals surface area contributed by atoms with Gasteiger partial charge in [0.15, 0.2) is 0 Å². The fourth-order valence-corrected chi connectivity index (χ4v) is 2.38. The summed E-state index contributed by atoms with van der Waals surface area (Å²) in [5.74, 6) is 0. The lowest BCUT2D eigenvalue weighted by Crippen LogP contribution is -2.47. The van der Waals surface area contributed by atoms with Crippen molar-refractivity contribution in [1.82, 2.24) is 21.5 Å². The Bertz CT molecular complexity index is 146. The van der Waals surface area contributed by atoms with Crippen molar-refractivity contribution in [3.05, 3.63) is 0 Å². The molecule has 0 unspecified atom stereocenters. The highest BCUT2D eigenvalue weighted by atomic mass is 15.9. The molecule has 4 nitrogen and oxygen atoms in total. The number of rotatable bonds is 1. The summed E-state index contributed by atoms with van der Waals surface area (Å²) in [6, 6.07) is 0.670. The van der Waals surface area contributed by atoms with Gasteiger partial charge in [-0.3, -0.25) is 0 Å². The molecule has 82 valence electrons. The van der Waals surface area contributed by atoms with Crippen molar-refractivity contribution >= 4 is 0 Å². The van der Waals surface area contributed by atoms with E-state index in [0.717, 1.165) is 6.67 Å². The van der Waals surface area contributed by atoms with Gasteiger partial charge in [-0.15, -0.1) is 0 Å². The molecule has 0 atom stereocenters. The normalized spacial score (nSPS) is 28.3. The summed E-state index contributed by atoms with van der Waals surface area (Å²) in [5, 5.41) is 2.16. The molecule has 2 aliphatic rings. The minimum atomic E-state index is 0.670. The molecule has 0 aromatic heterocycles. The van der Waals surface area contributed by atoms with Crippen LogP contribution in [0.25, 0.3) is 0 Å². The molecule has 1 heterocycles. The highest BCUT2D eigenvalue weighted by Gasteiger charge is 2.21. The minimum absolute atomic E-state index is 0.670. The summed E-state index contributed by atoms with van der Waals surface area (Å²) in [4.78, 5) is 0. The first-order chi connectivity index (χ1) is 6.97. The zero-order valence-electron chi connectivity index (χ0n) is 8.89. The standard InChI is InChI=1S/C10H22N4/c1-2-4-6-8-10(7-5-3-1)14-12-9-11-13-14/h10-13H,1-9H2. The molecule has 1 saturated heterocycles. The van der Waals surface area contributed by atoms with Crippen LogP contribution >= 0.6 is 0 Å². The number of hydrogen-bond donors (Lipinski definition) is 3. The smallest absolute Gasteiger partial charge is 0.0750 e. The molecule has 1 aliphatic heterocycles. The predicted molar refractivity (Wildman–Crippen MR) is 56.8 cm³/mol. The predicted octanol–water partition coefficient (Wildman–Crippen LogP) is 1.28. The van der Waals surface area contributed by atoms with Crippen LogP contribution in [0.5, 0.6) is 0 Å². The molecule has 0 amide bonds. The Labute approximate surface area is 86.3 Å². The summed E-state index contributed by atoms with van der Waals surface area (Å²) in [6.45, 7) is 0.844. The zero-order valence-corrected chi connectivity index (χ0v) is 8.89. The maximum absolute atomic E-state index is 3.31. The van der Waals surface area contributed by atoms with Gasteiger partial charge in [-0.25, -0.2) is 10.9 Å². The fraction of sp³-hybridized carbons (Fsp3) is 1.00. The van der Waals surface area contributed by atoms with E-state index in [1.54, 1.807) is 0 Å². The molecule has 0 spiro atoms. The van der Waals surface area contributed by atoms with E-state index in [0.29, 0.717) is 6.04 Å². The molecule has 3 N–H and O–H groups in total. The van der Waals surface area contributed by atoms with Gasteiger partial charge in [-0.2, -0.15) is 10.7 Å². The Hall–Kier alpha value is -0.160. The lowest BCUT2D eigenvalue weighted by Gasteiger charge is -2.25. The maximum atomic E-state index is 3.31. The van der Waals surface area contributed by atoms with Crippen molar-refractivity contribution in [3.8, 4) is 0 Å². The first kappa shape index (κ1) is 10.4. The Morgan fingerprint density at radius 2 is 1.50 bits per heavy atom. The van der Waals surface area contributed by atoms with E-state index in [1.807, 2.05) is 0 Å². The highest BCUT2D eigenvalue weighted by molar-refractivity contribution is 4.69. The lowest BCUT2D eigenvalue weighted by atomic mass is 10.1. The number of nitrogens with one attached hydrogen (secondary N) is 3. The SMILES string of the molecule is C1CCCCC(N2NCNN2)CCC1. The maximum Gasteiger partial charge on any atom is 0.0750 e. The van der Waals surface area contributed by atoms with E-state index in [-0.39, 0.29) is 0 Å². The molecule has 1 aliphatic carbocycles. The molecule has 1 saturated carbocycles. The topological polar surface area (TPSA) is 39.3 Å². The molecule has 0 radical (unpaired) electrons. The van der Waals surface area contributed by atoms with Crippen LogP contribution in [0, 0.1) is 0 Å². The van der Waals surface area contributed by atoms with Crippen LogP contribution in [0.15, 0.2) is 0 Å². The minimum Gasteiger partial charge on any atom is -0.227 e. The number of hydrogen-bond acceptors (Lipinski definition) is 4. The summed E-state index contributed by atoms with van der Waals surface area (Å²) in [5.41, 5.74) is 9.56. The molecule has 14 heavy (non-hydrogen) atoms. The lowest BCUT2D eigenvalue weighted by molar-refractivity contribution is 0.0886. The molecule has 0 bridgehead atoms. The molecule has 2 fully saturated rings. The fourth-order valence-electron chi connectivity index (χ4n) is 2.38. The second-order valence-electron chi connectivity index (χ2n) is 4.35. The van der Waals surface area contributed by atoms with E-state index in [4.69, 9.17) is 0 Å². The van der Waals surface area contributed by atoms with Crippen molar-refractivity contribution < 1.29 is 0 Å².